The summed E-state index contributed by atoms with van der Waals surface area (Å²) in [6.45, 7) is 4.04. The van der Waals surface area contributed by atoms with Gasteiger partial charge in [-0.1, -0.05) is 49.7 Å². The molecule has 0 saturated heterocycles. The SMILES string of the molecule is CCCN(CC(=O)N(Cc1ccccc1)Cc1cccs1)C(=O)C1CCC1. The first-order valence-corrected chi connectivity index (χ1v) is 10.7. The summed E-state index contributed by atoms with van der Waals surface area (Å²) in [5.41, 5.74) is 1.11. The van der Waals surface area contributed by atoms with Gasteiger partial charge in [0.25, 0.3) is 0 Å². The fraction of sp³-hybridized carbons (Fsp3) is 0.455. The zero-order valence-corrected chi connectivity index (χ0v) is 16.8. The molecule has 5 heteroatoms. The van der Waals surface area contributed by atoms with Crippen molar-refractivity contribution in [2.45, 2.75) is 45.7 Å². The van der Waals surface area contributed by atoms with Crippen molar-refractivity contribution in [1.29, 1.82) is 0 Å². The van der Waals surface area contributed by atoms with Gasteiger partial charge in [0.15, 0.2) is 0 Å². The van der Waals surface area contributed by atoms with Gasteiger partial charge in [0.1, 0.15) is 0 Å². The third-order valence-electron chi connectivity index (χ3n) is 5.08. The van der Waals surface area contributed by atoms with E-state index < -0.39 is 0 Å². The van der Waals surface area contributed by atoms with Crippen molar-refractivity contribution in [3.8, 4) is 0 Å². The van der Waals surface area contributed by atoms with Crippen LogP contribution >= 0.6 is 11.3 Å². The van der Waals surface area contributed by atoms with Gasteiger partial charge >= 0.3 is 0 Å². The molecule has 1 fully saturated rings. The number of carbonyl (C=O) groups excluding carboxylic acids is 2. The maximum absolute atomic E-state index is 13.1. The normalized spacial score (nSPS) is 13.8. The van der Waals surface area contributed by atoms with Crippen LogP contribution in [0, 0.1) is 5.92 Å². The second-order valence-corrected chi connectivity index (χ2v) is 8.23. The summed E-state index contributed by atoms with van der Waals surface area (Å²) >= 11 is 1.66. The largest absolute Gasteiger partial charge is 0.333 e. The third-order valence-corrected chi connectivity index (χ3v) is 5.94. The summed E-state index contributed by atoms with van der Waals surface area (Å²) in [5.74, 6) is 0.310. The number of rotatable bonds is 9. The van der Waals surface area contributed by atoms with Crippen LogP contribution < -0.4 is 0 Å². The minimum Gasteiger partial charge on any atom is -0.333 e. The molecular weight excluding hydrogens is 356 g/mol. The summed E-state index contributed by atoms with van der Waals surface area (Å²) in [6.07, 6.45) is 3.94. The van der Waals surface area contributed by atoms with Gasteiger partial charge in [-0.05, 0) is 36.3 Å². The molecule has 2 amide bonds. The van der Waals surface area contributed by atoms with Gasteiger partial charge in [0, 0.05) is 23.9 Å². The Bertz CT molecular complexity index is 726. The van der Waals surface area contributed by atoms with Gasteiger partial charge in [0.2, 0.25) is 11.8 Å². The fourth-order valence-corrected chi connectivity index (χ4v) is 4.06. The molecule has 2 aromatic rings. The lowest BCUT2D eigenvalue weighted by Crippen LogP contribution is -2.46. The van der Waals surface area contributed by atoms with E-state index in [1.54, 1.807) is 16.2 Å². The molecular formula is C22H28N2O2S. The average molecular weight is 385 g/mol. The Morgan fingerprint density at radius 2 is 1.81 bits per heavy atom. The van der Waals surface area contributed by atoms with Gasteiger partial charge in [0.05, 0.1) is 13.1 Å². The molecule has 1 saturated carbocycles. The van der Waals surface area contributed by atoms with Gasteiger partial charge in [-0.2, -0.15) is 0 Å². The number of nitrogens with zero attached hydrogens (tertiary/aromatic N) is 2. The van der Waals surface area contributed by atoms with E-state index in [-0.39, 0.29) is 24.3 Å². The van der Waals surface area contributed by atoms with Crippen LogP contribution in [0.4, 0.5) is 0 Å². The Labute approximate surface area is 165 Å². The molecule has 144 valence electrons. The van der Waals surface area contributed by atoms with E-state index in [1.165, 1.54) is 0 Å². The van der Waals surface area contributed by atoms with Gasteiger partial charge in [-0.25, -0.2) is 0 Å². The zero-order chi connectivity index (χ0) is 19.1. The van der Waals surface area contributed by atoms with Gasteiger partial charge in [-0.3, -0.25) is 9.59 Å². The maximum atomic E-state index is 13.1. The van der Waals surface area contributed by atoms with E-state index in [4.69, 9.17) is 0 Å². The van der Waals surface area contributed by atoms with Crippen molar-refractivity contribution in [3.63, 3.8) is 0 Å². The molecule has 1 aliphatic rings. The molecule has 27 heavy (non-hydrogen) atoms. The summed E-state index contributed by atoms with van der Waals surface area (Å²) in [6, 6.07) is 14.1. The van der Waals surface area contributed by atoms with E-state index in [9.17, 15) is 9.59 Å². The monoisotopic (exact) mass is 384 g/mol. The predicted octanol–water partition coefficient (Wildman–Crippen LogP) is 4.32. The molecule has 0 bridgehead atoms. The Hall–Kier alpha value is -2.14. The minimum atomic E-state index is 0.0216. The van der Waals surface area contributed by atoms with Crippen LogP contribution in [0.2, 0.25) is 0 Å². The highest BCUT2D eigenvalue weighted by Crippen LogP contribution is 2.28. The van der Waals surface area contributed by atoms with Gasteiger partial charge < -0.3 is 9.80 Å². The zero-order valence-electron chi connectivity index (χ0n) is 16.0. The maximum Gasteiger partial charge on any atom is 0.242 e. The quantitative estimate of drug-likeness (QED) is 0.646. The molecule has 0 aliphatic heterocycles. The third kappa shape index (κ3) is 5.42. The number of hydrogen-bond donors (Lipinski definition) is 0. The standard InChI is InChI=1S/C22H28N2O2S/c1-2-13-23(22(26)19-10-6-11-19)17-21(25)24(16-20-12-7-14-27-20)15-18-8-4-3-5-9-18/h3-5,7-9,12,14,19H,2,6,10-11,13,15-17H2,1H3. The Balaban J connectivity index is 1.70. The highest BCUT2D eigenvalue weighted by Gasteiger charge is 2.30. The molecule has 0 unspecified atom stereocenters. The van der Waals surface area contributed by atoms with Crippen LogP contribution in [0.15, 0.2) is 47.8 Å². The summed E-state index contributed by atoms with van der Waals surface area (Å²) in [5, 5.41) is 2.03. The summed E-state index contributed by atoms with van der Waals surface area (Å²) in [7, 11) is 0. The van der Waals surface area contributed by atoms with Crippen molar-refractivity contribution < 1.29 is 9.59 Å². The number of amides is 2. The van der Waals surface area contributed by atoms with Crippen LogP contribution in [-0.2, 0) is 22.7 Å². The molecule has 1 heterocycles. The molecule has 0 radical (unpaired) electrons. The first kappa shape index (κ1) is 19.6. The van der Waals surface area contributed by atoms with Crippen molar-refractivity contribution >= 4 is 23.2 Å². The van der Waals surface area contributed by atoms with Crippen LogP contribution in [-0.4, -0.2) is 34.7 Å². The number of hydrogen-bond acceptors (Lipinski definition) is 3. The van der Waals surface area contributed by atoms with E-state index in [2.05, 4.69) is 13.0 Å². The molecule has 1 aromatic heterocycles. The van der Waals surface area contributed by atoms with E-state index in [1.807, 2.05) is 46.7 Å². The van der Waals surface area contributed by atoms with Gasteiger partial charge in [-0.15, -0.1) is 11.3 Å². The minimum absolute atomic E-state index is 0.0216. The molecule has 4 nitrogen and oxygen atoms in total. The van der Waals surface area contributed by atoms with Crippen LogP contribution in [0.1, 0.15) is 43.0 Å². The first-order chi connectivity index (χ1) is 13.2. The van der Waals surface area contributed by atoms with Crippen LogP contribution in [0.25, 0.3) is 0 Å². The topological polar surface area (TPSA) is 40.6 Å². The lowest BCUT2D eigenvalue weighted by atomic mass is 9.84. The highest BCUT2D eigenvalue weighted by molar-refractivity contribution is 7.09. The summed E-state index contributed by atoms with van der Waals surface area (Å²) < 4.78 is 0. The second-order valence-electron chi connectivity index (χ2n) is 7.20. The molecule has 0 N–H and O–H groups in total. The fourth-order valence-electron chi connectivity index (χ4n) is 3.34. The number of carbonyl (C=O) groups is 2. The number of benzene rings is 1. The van der Waals surface area contributed by atoms with Crippen molar-refractivity contribution in [3.05, 3.63) is 58.3 Å². The van der Waals surface area contributed by atoms with Crippen LogP contribution in [0.3, 0.4) is 0 Å². The Morgan fingerprint density at radius 1 is 1.04 bits per heavy atom. The van der Waals surface area contributed by atoms with Crippen molar-refractivity contribution in [2.75, 3.05) is 13.1 Å². The summed E-state index contributed by atoms with van der Waals surface area (Å²) in [4.78, 5) is 30.6. The molecule has 1 aliphatic carbocycles. The average Bonchev–Trinajstić information content (AvgIpc) is 3.13. The lowest BCUT2D eigenvalue weighted by Gasteiger charge is -2.33. The Kier molecular flexibility index (Phi) is 7.04. The smallest absolute Gasteiger partial charge is 0.242 e. The van der Waals surface area contributed by atoms with E-state index in [0.29, 0.717) is 19.6 Å². The predicted molar refractivity (Wildman–Crippen MR) is 109 cm³/mol. The Morgan fingerprint density at radius 3 is 2.41 bits per heavy atom. The lowest BCUT2D eigenvalue weighted by molar-refractivity contribution is -0.145. The number of thiophene rings is 1. The second kappa shape index (κ2) is 9.70. The molecule has 1 aromatic carbocycles. The first-order valence-electron chi connectivity index (χ1n) is 9.80. The van der Waals surface area contributed by atoms with E-state index in [0.717, 1.165) is 36.1 Å². The van der Waals surface area contributed by atoms with Crippen molar-refractivity contribution in [1.82, 2.24) is 9.80 Å². The highest BCUT2D eigenvalue weighted by atomic mass is 32.1. The van der Waals surface area contributed by atoms with E-state index >= 15 is 0 Å². The van der Waals surface area contributed by atoms with Crippen molar-refractivity contribution in [2.24, 2.45) is 5.92 Å². The molecule has 0 spiro atoms. The molecule has 3 rings (SSSR count). The van der Waals surface area contributed by atoms with Crippen LogP contribution in [0.5, 0.6) is 0 Å². The molecule has 0 atom stereocenters.